The molecule has 1 aromatic carbocycles. The largest absolute Gasteiger partial charge is 0.481 e. The second-order valence-electron chi connectivity index (χ2n) is 3.79. The van der Waals surface area contributed by atoms with E-state index in [1.165, 1.54) is 13.3 Å². The topological polar surface area (TPSA) is 48.4 Å². The van der Waals surface area contributed by atoms with E-state index in [0.29, 0.717) is 16.5 Å². The molecule has 4 nitrogen and oxygen atoms in total. The summed E-state index contributed by atoms with van der Waals surface area (Å²) in [7, 11) is 1.51. The normalized spacial score (nSPS) is 10.0. The van der Waals surface area contributed by atoms with Gasteiger partial charge in [0, 0.05) is 17.3 Å². The molecule has 0 bridgehead atoms. The summed E-state index contributed by atoms with van der Waals surface area (Å²) in [5, 5.41) is 0.648. The molecule has 0 spiro atoms. The van der Waals surface area contributed by atoms with Gasteiger partial charge in [-0.1, -0.05) is 23.7 Å². The highest BCUT2D eigenvalue weighted by Crippen LogP contribution is 2.12. The Morgan fingerprint density at radius 3 is 2.53 bits per heavy atom. The van der Waals surface area contributed by atoms with Gasteiger partial charge in [0.2, 0.25) is 5.88 Å². The molecule has 0 saturated carbocycles. The van der Waals surface area contributed by atoms with Gasteiger partial charge in [-0.05, 0) is 23.8 Å². The van der Waals surface area contributed by atoms with Crippen LogP contribution in [0.1, 0.15) is 15.9 Å². The lowest BCUT2D eigenvalue weighted by molar-refractivity contribution is 0.0472. The minimum absolute atomic E-state index is 0.196. The predicted molar refractivity (Wildman–Crippen MR) is 71.4 cm³/mol. The van der Waals surface area contributed by atoms with Crippen molar-refractivity contribution in [3.05, 3.63) is 58.7 Å². The summed E-state index contributed by atoms with van der Waals surface area (Å²) in [5.41, 5.74) is 1.26. The van der Waals surface area contributed by atoms with E-state index in [0.717, 1.165) is 5.56 Å². The first-order chi connectivity index (χ1) is 9.19. The zero-order valence-electron chi connectivity index (χ0n) is 10.3. The lowest BCUT2D eigenvalue weighted by Crippen LogP contribution is -2.05. The SMILES string of the molecule is COc1ccc(C(=O)OCc2ccc(Cl)cc2)cn1. The lowest BCUT2D eigenvalue weighted by Gasteiger charge is -2.05. The molecule has 2 aromatic rings. The van der Waals surface area contributed by atoms with Gasteiger partial charge in [0.1, 0.15) is 6.61 Å². The molecule has 0 radical (unpaired) electrons. The fraction of sp³-hybridized carbons (Fsp3) is 0.143. The average Bonchev–Trinajstić information content (AvgIpc) is 2.46. The van der Waals surface area contributed by atoms with Crippen molar-refractivity contribution in [2.45, 2.75) is 6.61 Å². The zero-order valence-corrected chi connectivity index (χ0v) is 11.1. The van der Waals surface area contributed by atoms with Gasteiger partial charge in [-0.3, -0.25) is 0 Å². The van der Waals surface area contributed by atoms with Crippen molar-refractivity contribution >= 4 is 17.6 Å². The number of benzene rings is 1. The maximum Gasteiger partial charge on any atom is 0.340 e. The van der Waals surface area contributed by atoms with Crippen LogP contribution in [0.4, 0.5) is 0 Å². The lowest BCUT2D eigenvalue weighted by atomic mass is 10.2. The molecule has 0 unspecified atom stereocenters. The van der Waals surface area contributed by atoms with Gasteiger partial charge >= 0.3 is 5.97 Å². The van der Waals surface area contributed by atoms with E-state index in [1.54, 1.807) is 24.3 Å². The number of methoxy groups -OCH3 is 1. The highest BCUT2D eigenvalue weighted by atomic mass is 35.5. The predicted octanol–water partition coefficient (Wildman–Crippen LogP) is 3.10. The highest BCUT2D eigenvalue weighted by Gasteiger charge is 2.08. The van der Waals surface area contributed by atoms with Crippen LogP contribution in [0.15, 0.2) is 42.6 Å². The number of carbonyl (C=O) groups excluding carboxylic acids is 1. The Labute approximate surface area is 115 Å². The van der Waals surface area contributed by atoms with Crippen molar-refractivity contribution in [3.8, 4) is 5.88 Å². The summed E-state index contributed by atoms with van der Waals surface area (Å²) in [6, 6.07) is 10.3. The van der Waals surface area contributed by atoms with Crippen molar-refractivity contribution in [2.75, 3.05) is 7.11 Å². The third kappa shape index (κ3) is 3.69. The molecule has 1 heterocycles. The first kappa shape index (κ1) is 13.4. The van der Waals surface area contributed by atoms with Crippen molar-refractivity contribution < 1.29 is 14.3 Å². The molecule has 1 aromatic heterocycles. The first-order valence-corrected chi connectivity index (χ1v) is 5.98. The number of pyridine rings is 1. The molecule has 5 heteroatoms. The number of ether oxygens (including phenoxy) is 2. The van der Waals surface area contributed by atoms with E-state index < -0.39 is 5.97 Å². The summed E-state index contributed by atoms with van der Waals surface area (Å²) in [6.45, 7) is 0.196. The number of halogens is 1. The standard InChI is InChI=1S/C14H12ClNO3/c1-18-13-7-4-11(8-16-13)14(17)19-9-10-2-5-12(15)6-3-10/h2-8H,9H2,1H3. The maximum absolute atomic E-state index is 11.8. The number of esters is 1. The van der Waals surface area contributed by atoms with Crippen molar-refractivity contribution in [3.63, 3.8) is 0 Å². The third-order valence-corrected chi connectivity index (χ3v) is 2.72. The molecule has 0 saturated heterocycles. The molecule has 19 heavy (non-hydrogen) atoms. The van der Waals surface area contributed by atoms with Crippen LogP contribution in [0.25, 0.3) is 0 Å². The summed E-state index contributed by atoms with van der Waals surface area (Å²) in [4.78, 5) is 15.7. The second kappa shape index (κ2) is 6.20. The molecule has 98 valence electrons. The molecule has 0 fully saturated rings. The van der Waals surface area contributed by atoms with Crippen LogP contribution in [-0.4, -0.2) is 18.1 Å². The van der Waals surface area contributed by atoms with E-state index in [2.05, 4.69) is 4.98 Å². The summed E-state index contributed by atoms with van der Waals surface area (Å²) < 4.78 is 10.1. The van der Waals surface area contributed by atoms with Crippen LogP contribution in [0, 0.1) is 0 Å². The molecule has 0 aliphatic heterocycles. The zero-order chi connectivity index (χ0) is 13.7. The Morgan fingerprint density at radius 2 is 1.95 bits per heavy atom. The minimum atomic E-state index is -0.426. The first-order valence-electron chi connectivity index (χ1n) is 5.60. The Kier molecular flexibility index (Phi) is 4.36. The van der Waals surface area contributed by atoms with Crippen LogP contribution in [0.3, 0.4) is 0 Å². The summed E-state index contributed by atoms with van der Waals surface area (Å²) in [6.07, 6.45) is 1.42. The van der Waals surface area contributed by atoms with Gasteiger partial charge in [0.05, 0.1) is 12.7 Å². The van der Waals surface area contributed by atoms with Gasteiger partial charge < -0.3 is 9.47 Å². The maximum atomic E-state index is 11.8. The molecular weight excluding hydrogens is 266 g/mol. The van der Waals surface area contributed by atoms with Crippen molar-refractivity contribution in [1.82, 2.24) is 4.98 Å². The van der Waals surface area contributed by atoms with Crippen LogP contribution in [0.5, 0.6) is 5.88 Å². The van der Waals surface area contributed by atoms with E-state index in [-0.39, 0.29) is 6.61 Å². The highest BCUT2D eigenvalue weighted by molar-refractivity contribution is 6.30. The summed E-state index contributed by atoms with van der Waals surface area (Å²) >= 11 is 5.77. The van der Waals surface area contributed by atoms with Crippen LogP contribution < -0.4 is 4.74 Å². The van der Waals surface area contributed by atoms with Crippen LogP contribution in [-0.2, 0) is 11.3 Å². The van der Waals surface area contributed by atoms with Crippen LogP contribution in [0.2, 0.25) is 5.02 Å². The molecule has 0 N–H and O–H groups in total. The number of aromatic nitrogens is 1. The smallest absolute Gasteiger partial charge is 0.340 e. The van der Waals surface area contributed by atoms with Crippen LogP contribution >= 0.6 is 11.6 Å². The molecule has 0 aliphatic carbocycles. The Morgan fingerprint density at radius 1 is 1.21 bits per heavy atom. The summed E-state index contributed by atoms with van der Waals surface area (Å²) in [5.74, 6) is 0.0272. The van der Waals surface area contributed by atoms with Gasteiger partial charge in [-0.25, -0.2) is 9.78 Å². The second-order valence-corrected chi connectivity index (χ2v) is 4.23. The molecular formula is C14H12ClNO3. The van der Waals surface area contributed by atoms with E-state index in [9.17, 15) is 4.79 Å². The monoisotopic (exact) mass is 277 g/mol. The van der Waals surface area contributed by atoms with E-state index >= 15 is 0 Å². The Hall–Kier alpha value is -2.07. The van der Waals surface area contributed by atoms with E-state index in [4.69, 9.17) is 21.1 Å². The van der Waals surface area contributed by atoms with Crippen molar-refractivity contribution in [2.24, 2.45) is 0 Å². The number of hydrogen-bond donors (Lipinski definition) is 0. The van der Waals surface area contributed by atoms with E-state index in [1.807, 2.05) is 12.1 Å². The molecule has 0 atom stereocenters. The number of nitrogens with zero attached hydrogens (tertiary/aromatic N) is 1. The number of hydrogen-bond acceptors (Lipinski definition) is 4. The van der Waals surface area contributed by atoms with Gasteiger partial charge in [-0.15, -0.1) is 0 Å². The molecule has 0 aliphatic rings. The molecule has 2 rings (SSSR count). The Bertz CT molecular complexity index is 552. The Balaban J connectivity index is 1.95. The van der Waals surface area contributed by atoms with Crippen molar-refractivity contribution in [1.29, 1.82) is 0 Å². The third-order valence-electron chi connectivity index (χ3n) is 2.46. The fourth-order valence-corrected chi connectivity index (χ4v) is 1.56. The van der Waals surface area contributed by atoms with Gasteiger partial charge in [0.25, 0.3) is 0 Å². The number of carbonyl (C=O) groups is 1. The van der Waals surface area contributed by atoms with Gasteiger partial charge in [0.15, 0.2) is 0 Å². The average molecular weight is 278 g/mol. The quantitative estimate of drug-likeness (QED) is 0.806. The number of rotatable bonds is 4. The molecule has 0 amide bonds. The fourth-order valence-electron chi connectivity index (χ4n) is 1.43. The van der Waals surface area contributed by atoms with Gasteiger partial charge in [-0.2, -0.15) is 0 Å². The minimum Gasteiger partial charge on any atom is -0.481 e.